The fourth-order valence-corrected chi connectivity index (χ4v) is 3.68. The van der Waals surface area contributed by atoms with Gasteiger partial charge in [0.05, 0.1) is 23.1 Å². The minimum Gasteiger partial charge on any atom is -0.374 e. The van der Waals surface area contributed by atoms with E-state index < -0.39 is 0 Å². The van der Waals surface area contributed by atoms with Gasteiger partial charge >= 0.3 is 0 Å². The van der Waals surface area contributed by atoms with Crippen LogP contribution in [0.2, 0.25) is 0 Å². The molecule has 0 N–H and O–H groups in total. The molecule has 0 radical (unpaired) electrons. The molecule has 0 spiro atoms. The zero-order valence-electron chi connectivity index (χ0n) is 8.69. The standard InChI is InChI=1S/C11H12ClNO2S/c12-4-9(14)8-5-16-11(13-8)7-3-6-1-2-10(7)15-6/h5-7,10H,1-4H2. The lowest BCUT2D eigenvalue weighted by Gasteiger charge is -2.15. The Hall–Kier alpha value is -0.450. The zero-order valence-corrected chi connectivity index (χ0v) is 10.3. The molecule has 0 amide bonds. The van der Waals surface area contributed by atoms with Gasteiger partial charge in [0, 0.05) is 11.3 Å². The molecule has 2 bridgehead atoms. The van der Waals surface area contributed by atoms with Crippen LogP contribution < -0.4 is 0 Å². The predicted octanol–water partition coefficient (Wildman–Crippen LogP) is 2.60. The van der Waals surface area contributed by atoms with Crippen molar-refractivity contribution in [2.24, 2.45) is 0 Å². The van der Waals surface area contributed by atoms with Crippen molar-refractivity contribution < 1.29 is 9.53 Å². The molecule has 1 aromatic rings. The van der Waals surface area contributed by atoms with E-state index in [-0.39, 0.29) is 11.7 Å². The van der Waals surface area contributed by atoms with Crippen molar-refractivity contribution in [3.05, 3.63) is 16.1 Å². The van der Waals surface area contributed by atoms with Gasteiger partial charge in [-0.25, -0.2) is 4.98 Å². The third kappa shape index (κ3) is 1.69. The Morgan fingerprint density at radius 2 is 2.50 bits per heavy atom. The van der Waals surface area contributed by atoms with Crippen LogP contribution >= 0.6 is 22.9 Å². The van der Waals surface area contributed by atoms with Gasteiger partial charge in [0.2, 0.25) is 0 Å². The highest BCUT2D eigenvalue weighted by atomic mass is 35.5. The molecule has 0 saturated carbocycles. The number of hydrogen-bond donors (Lipinski definition) is 0. The second-order valence-electron chi connectivity index (χ2n) is 4.34. The molecule has 3 nitrogen and oxygen atoms in total. The maximum Gasteiger partial charge on any atom is 0.196 e. The highest BCUT2D eigenvalue weighted by molar-refractivity contribution is 7.10. The smallest absolute Gasteiger partial charge is 0.196 e. The first kappa shape index (κ1) is 10.7. The van der Waals surface area contributed by atoms with E-state index in [0.29, 0.717) is 23.8 Å². The van der Waals surface area contributed by atoms with Crippen molar-refractivity contribution >= 4 is 28.7 Å². The van der Waals surface area contributed by atoms with Gasteiger partial charge in [-0.15, -0.1) is 22.9 Å². The summed E-state index contributed by atoms with van der Waals surface area (Å²) in [5, 5.41) is 2.85. The molecule has 0 aliphatic carbocycles. The van der Waals surface area contributed by atoms with Crippen LogP contribution in [0.1, 0.15) is 40.7 Å². The molecule has 3 atom stereocenters. The van der Waals surface area contributed by atoms with Crippen LogP contribution in [0.5, 0.6) is 0 Å². The fraction of sp³-hybridized carbons (Fsp3) is 0.636. The summed E-state index contributed by atoms with van der Waals surface area (Å²) >= 11 is 7.07. The Balaban J connectivity index is 1.80. The molecule has 2 saturated heterocycles. The predicted molar refractivity (Wildman–Crippen MR) is 62.4 cm³/mol. The second-order valence-corrected chi connectivity index (χ2v) is 5.50. The van der Waals surface area contributed by atoms with Gasteiger partial charge in [-0.2, -0.15) is 0 Å². The molecule has 2 aliphatic heterocycles. The van der Waals surface area contributed by atoms with Gasteiger partial charge in [0.1, 0.15) is 5.69 Å². The number of carbonyl (C=O) groups is 1. The van der Waals surface area contributed by atoms with Crippen LogP contribution in [0.15, 0.2) is 5.38 Å². The van der Waals surface area contributed by atoms with Crippen LogP contribution in [0, 0.1) is 0 Å². The molecule has 86 valence electrons. The summed E-state index contributed by atoms with van der Waals surface area (Å²) in [6.45, 7) is 0. The summed E-state index contributed by atoms with van der Waals surface area (Å²) in [5.41, 5.74) is 0.512. The van der Waals surface area contributed by atoms with Crippen LogP contribution in [0.3, 0.4) is 0 Å². The molecular formula is C11H12ClNO2S. The zero-order chi connectivity index (χ0) is 11.1. The summed E-state index contributed by atoms with van der Waals surface area (Å²) in [7, 11) is 0. The molecule has 2 aliphatic rings. The molecule has 3 unspecified atom stereocenters. The first-order chi connectivity index (χ1) is 7.78. The van der Waals surface area contributed by atoms with Crippen LogP contribution in [0.25, 0.3) is 0 Å². The van der Waals surface area contributed by atoms with Crippen molar-refractivity contribution in [2.45, 2.75) is 37.4 Å². The summed E-state index contributed by atoms with van der Waals surface area (Å²) in [6, 6.07) is 0. The van der Waals surface area contributed by atoms with Gasteiger partial charge < -0.3 is 4.74 Å². The number of rotatable bonds is 3. The summed E-state index contributed by atoms with van der Waals surface area (Å²) in [5.74, 6) is 0.324. The van der Waals surface area contributed by atoms with E-state index in [9.17, 15) is 4.79 Å². The van der Waals surface area contributed by atoms with Crippen molar-refractivity contribution in [3.8, 4) is 0 Å². The molecule has 3 rings (SSSR count). The molecular weight excluding hydrogens is 246 g/mol. The SMILES string of the molecule is O=C(CCl)c1csc(C2CC3CCC2O3)n1. The van der Waals surface area contributed by atoms with Crippen LogP contribution in [-0.4, -0.2) is 28.9 Å². The highest BCUT2D eigenvalue weighted by Gasteiger charge is 2.42. The number of ether oxygens (including phenoxy) is 1. The van der Waals surface area contributed by atoms with E-state index in [4.69, 9.17) is 16.3 Å². The van der Waals surface area contributed by atoms with Crippen LogP contribution in [0.4, 0.5) is 0 Å². The second kappa shape index (κ2) is 4.09. The normalized spacial score (nSPS) is 32.2. The molecule has 5 heteroatoms. The average molecular weight is 258 g/mol. The van der Waals surface area contributed by atoms with Crippen molar-refractivity contribution in [3.63, 3.8) is 0 Å². The topological polar surface area (TPSA) is 39.2 Å². The Kier molecular flexibility index (Phi) is 2.73. The molecule has 1 aromatic heterocycles. The van der Waals surface area contributed by atoms with Gasteiger partial charge in [-0.05, 0) is 19.3 Å². The van der Waals surface area contributed by atoms with E-state index in [1.165, 1.54) is 6.42 Å². The Labute approximate surface area is 103 Å². The summed E-state index contributed by atoms with van der Waals surface area (Å²) in [4.78, 5) is 15.8. The maximum absolute atomic E-state index is 11.4. The molecule has 3 heterocycles. The van der Waals surface area contributed by atoms with Crippen molar-refractivity contribution in [2.75, 3.05) is 5.88 Å². The quantitative estimate of drug-likeness (QED) is 0.617. The Morgan fingerprint density at radius 3 is 3.12 bits per heavy atom. The lowest BCUT2D eigenvalue weighted by atomic mass is 9.90. The Bertz CT molecular complexity index is 420. The van der Waals surface area contributed by atoms with Gasteiger partial charge in [-0.1, -0.05) is 0 Å². The number of hydrogen-bond acceptors (Lipinski definition) is 4. The van der Waals surface area contributed by atoms with E-state index in [0.717, 1.165) is 17.8 Å². The number of nitrogens with zero attached hydrogens (tertiary/aromatic N) is 1. The number of fused-ring (bicyclic) bond motifs is 2. The minimum absolute atomic E-state index is 0.0103. The van der Waals surface area contributed by atoms with Gasteiger partial charge in [0.25, 0.3) is 0 Å². The fourth-order valence-electron chi connectivity index (χ4n) is 2.55. The number of alkyl halides is 1. The third-order valence-corrected chi connectivity index (χ3v) is 4.57. The monoisotopic (exact) mass is 257 g/mol. The summed E-state index contributed by atoms with van der Waals surface area (Å²) < 4.78 is 5.79. The van der Waals surface area contributed by atoms with Crippen molar-refractivity contribution in [1.82, 2.24) is 4.98 Å². The summed E-state index contributed by atoms with van der Waals surface area (Å²) in [6.07, 6.45) is 4.13. The lowest BCUT2D eigenvalue weighted by Crippen LogP contribution is -2.14. The number of ketones is 1. The lowest BCUT2D eigenvalue weighted by molar-refractivity contribution is 0.0996. The number of carbonyl (C=O) groups excluding carboxylic acids is 1. The first-order valence-electron chi connectivity index (χ1n) is 5.48. The Morgan fingerprint density at radius 1 is 1.62 bits per heavy atom. The average Bonchev–Trinajstić information content (AvgIpc) is 3.02. The van der Waals surface area contributed by atoms with E-state index in [2.05, 4.69) is 4.98 Å². The van der Waals surface area contributed by atoms with Gasteiger partial charge in [0.15, 0.2) is 5.78 Å². The van der Waals surface area contributed by atoms with E-state index in [1.54, 1.807) is 11.3 Å². The maximum atomic E-state index is 11.4. The first-order valence-corrected chi connectivity index (χ1v) is 6.89. The molecule has 16 heavy (non-hydrogen) atoms. The number of thiazole rings is 1. The van der Waals surface area contributed by atoms with E-state index in [1.807, 2.05) is 5.38 Å². The van der Waals surface area contributed by atoms with Crippen LogP contribution in [-0.2, 0) is 4.74 Å². The molecule has 0 aromatic carbocycles. The largest absolute Gasteiger partial charge is 0.374 e. The minimum atomic E-state index is -0.0896. The number of aromatic nitrogens is 1. The third-order valence-electron chi connectivity index (χ3n) is 3.35. The van der Waals surface area contributed by atoms with Crippen molar-refractivity contribution in [1.29, 1.82) is 0 Å². The van der Waals surface area contributed by atoms with Gasteiger partial charge in [-0.3, -0.25) is 4.79 Å². The number of Topliss-reactive ketones (excluding diaryl/α,β-unsaturated/α-hetero) is 1. The van der Waals surface area contributed by atoms with E-state index >= 15 is 0 Å². The molecule has 2 fully saturated rings. The highest BCUT2D eigenvalue weighted by Crippen LogP contribution is 2.45. The number of halogens is 1.